The van der Waals surface area contributed by atoms with Gasteiger partial charge in [-0.1, -0.05) is 18.2 Å². The van der Waals surface area contributed by atoms with E-state index in [4.69, 9.17) is 5.11 Å². The summed E-state index contributed by atoms with van der Waals surface area (Å²) in [5, 5.41) is 8.53. The van der Waals surface area contributed by atoms with Crippen LogP contribution in [0.15, 0.2) is 24.3 Å². The first-order chi connectivity index (χ1) is 9.16. The SMILES string of the molecule is O=C(O)CC(=O)CCCN1CCCc2ccccc21. The molecule has 19 heavy (non-hydrogen) atoms. The molecule has 0 radical (unpaired) electrons. The van der Waals surface area contributed by atoms with E-state index in [0.29, 0.717) is 6.42 Å². The van der Waals surface area contributed by atoms with Crippen molar-refractivity contribution in [1.82, 2.24) is 0 Å². The molecule has 102 valence electrons. The summed E-state index contributed by atoms with van der Waals surface area (Å²) in [6.07, 6.45) is 2.98. The smallest absolute Gasteiger partial charge is 0.310 e. The minimum atomic E-state index is -1.03. The number of hydrogen-bond donors (Lipinski definition) is 1. The normalized spacial score (nSPS) is 14.0. The van der Waals surface area contributed by atoms with Crippen molar-refractivity contribution in [2.75, 3.05) is 18.0 Å². The lowest BCUT2D eigenvalue weighted by Gasteiger charge is -2.31. The molecule has 4 nitrogen and oxygen atoms in total. The van der Waals surface area contributed by atoms with E-state index in [2.05, 4.69) is 23.1 Å². The predicted molar refractivity (Wildman–Crippen MR) is 73.5 cm³/mol. The number of aryl methyl sites for hydroxylation is 1. The minimum Gasteiger partial charge on any atom is -0.481 e. The van der Waals surface area contributed by atoms with Crippen LogP contribution in [0.5, 0.6) is 0 Å². The van der Waals surface area contributed by atoms with Crippen LogP contribution in [0.1, 0.15) is 31.2 Å². The Morgan fingerprint density at radius 1 is 1.26 bits per heavy atom. The third kappa shape index (κ3) is 3.81. The molecule has 0 saturated carbocycles. The lowest BCUT2D eigenvalue weighted by Crippen LogP contribution is -2.30. The van der Waals surface area contributed by atoms with Crippen LogP contribution in [-0.2, 0) is 16.0 Å². The molecule has 0 spiro atoms. The summed E-state index contributed by atoms with van der Waals surface area (Å²) in [6.45, 7) is 1.84. The Balaban J connectivity index is 1.84. The zero-order valence-corrected chi connectivity index (χ0v) is 11.0. The van der Waals surface area contributed by atoms with Gasteiger partial charge in [-0.15, -0.1) is 0 Å². The van der Waals surface area contributed by atoms with Gasteiger partial charge in [-0.05, 0) is 30.9 Å². The van der Waals surface area contributed by atoms with E-state index in [1.54, 1.807) is 0 Å². The number of carbonyl (C=O) groups is 2. The number of carboxylic acids is 1. The molecule has 0 bridgehead atoms. The number of anilines is 1. The van der Waals surface area contributed by atoms with Gasteiger partial charge in [-0.25, -0.2) is 0 Å². The number of aliphatic carboxylic acids is 1. The van der Waals surface area contributed by atoms with Crippen LogP contribution in [0.2, 0.25) is 0 Å². The van der Waals surface area contributed by atoms with Crippen LogP contribution < -0.4 is 4.90 Å². The van der Waals surface area contributed by atoms with Crippen molar-refractivity contribution in [3.05, 3.63) is 29.8 Å². The summed E-state index contributed by atoms with van der Waals surface area (Å²) in [5.74, 6) is -1.22. The van der Waals surface area contributed by atoms with Gasteiger partial charge in [-0.2, -0.15) is 0 Å². The Labute approximate surface area is 113 Å². The van der Waals surface area contributed by atoms with Crippen molar-refractivity contribution < 1.29 is 14.7 Å². The highest BCUT2D eigenvalue weighted by Gasteiger charge is 2.16. The third-order valence-corrected chi connectivity index (χ3v) is 3.44. The van der Waals surface area contributed by atoms with Crippen LogP contribution in [0.4, 0.5) is 5.69 Å². The first-order valence-corrected chi connectivity index (χ1v) is 6.73. The molecule has 0 fully saturated rings. The second-order valence-electron chi connectivity index (χ2n) is 4.93. The molecule has 1 aromatic rings. The van der Waals surface area contributed by atoms with Crippen LogP contribution in [0.3, 0.4) is 0 Å². The van der Waals surface area contributed by atoms with E-state index in [1.165, 1.54) is 11.3 Å². The summed E-state index contributed by atoms with van der Waals surface area (Å²) in [4.78, 5) is 24.0. The number of fused-ring (bicyclic) bond motifs is 1. The third-order valence-electron chi connectivity index (χ3n) is 3.44. The van der Waals surface area contributed by atoms with E-state index in [-0.39, 0.29) is 12.2 Å². The maximum atomic E-state index is 11.3. The molecule has 0 unspecified atom stereocenters. The number of hydrogen-bond acceptors (Lipinski definition) is 3. The van der Waals surface area contributed by atoms with Crippen molar-refractivity contribution >= 4 is 17.4 Å². The van der Waals surface area contributed by atoms with E-state index in [0.717, 1.165) is 32.4 Å². The van der Waals surface area contributed by atoms with E-state index >= 15 is 0 Å². The Kier molecular flexibility index (Phi) is 4.55. The summed E-state index contributed by atoms with van der Waals surface area (Å²) >= 11 is 0. The van der Waals surface area contributed by atoms with Crippen LogP contribution in [0.25, 0.3) is 0 Å². The monoisotopic (exact) mass is 261 g/mol. The molecule has 0 aromatic heterocycles. The fourth-order valence-electron chi connectivity index (χ4n) is 2.57. The number of Topliss-reactive ketones (excluding diaryl/α,β-unsaturated/α-hetero) is 1. The number of ketones is 1. The van der Waals surface area contributed by atoms with E-state index in [9.17, 15) is 9.59 Å². The standard InChI is InChI=1S/C15H19NO3/c17-13(11-15(18)19)7-4-10-16-9-3-6-12-5-1-2-8-14(12)16/h1-2,5,8H,3-4,6-7,9-11H2,(H,18,19). The lowest BCUT2D eigenvalue weighted by atomic mass is 10.0. The van der Waals surface area contributed by atoms with Gasteiger partial charge in [0.25, 0.3) is 0 Å². The Hall–Kier alpha value is -1.84. The summed E-state index contributed by atoms with van der Waals surface area (Å²) < 4.78 is 0. The quantitative estimate of drug-likeness (QED) is 0.798. The first-order valence-electron chi connectivity index (χ1n) is 6.73. The highest BCUT2D eigenvalue weighted by molar-refractivity contribution is 5.94. The van der Waals surface area contributed by atoms with Gasteiger partial charge >= 0.3 is 5.97 Å². The van der Waals surface area contributed by atoms with Crippen molar-refractivity contribution in [3.8, 4) is 0 Å². The van der Waals surface area contributed by atoms with Crippen molar-refractivity contribution in [2.24, 2.45) is 0 Å². The molecule has 1 aromatic carbocycles. The van der Waals surface area contributed by atoms with Gasteiger partial charge in [-0.3, -0.25) is 9.59 Å². The summed E-state index contributed by atoms with van der Waals surface area (Å²) in [6, 6.07) is 8.36. The zero-order chi connectivity index (χ0) is 13.7. The molecule has 0 amide bonds. The Morgan fingerprint density at radius 3 is 2.84 bits per heavy atom. The number of carbonyl (C=O) groups excluding carboxylic acids is 1. The van der Waals surface area contributed by atoms with Gasteiger partial charge < -0.3 is 10.0 Å². The second-order valence-corrected chi connectivity index (χ2v) is 4.93. The van der Waals surface area contributed by atoms with E-state index in [1.807, 2.05) is 6.07 Å². The maximum Gasteiger partial charge on any atom is 0.310 e. The molecule has 1 aliphatic heterocycles. The molecule has 4 heteroatoms. The highest BCUT2D eigenvalue weighted by Crippen LogP contribution is 2.26. The van der Waals surface area contributed by atoms with Gasteiger partial charge in [0.15, 0.2) is 0 Å². The average Bonchev–Trinajstić information content (AvgIpc) is 2.38. The molecule has 0 atom stereocenters. The average molecular weight is 261 g/mol. The van der Waals surface area contributed by atoms with Gasteiger partial charge in [0.05, 0.1) is 0 Å². The fraction of sp³-hybridized carbons (Fsp3) is 0.467. The minimum absolute atomic E-state index is 0.183. The Bertz CT molecular complexity index is 470. The number of carboxylic acid groups (broad SMARTS) is 1. The topological polar surface area (TPSA) is 57.6 Å². The molecule has 0 aliphatic carbocycles. The highest BCUT2D eigenvalue weighted by atomic mass is 16.4. The number of para-hydroxylation sites is 1. The van der Waals surface area contributed by atoms with Crippen molar-refractivity contribution in [1.29, 1.82) is 0 Å². The first kappa shape index (κ1) is 13.6. The summed E-state index contributed by atoms with van der Waals surface area (Å²) in [5.41, 5.74) is 2.63. The lowest BCUT2D eigenvalue weighted by molar-refractivity contribution is -0.140. The molecule has 1 heterocycles. The largest absolute Gasteiger partial charge is 0.481 e. The van der Waals surface area contributed by atoms with Gasteiger partial charge in [0.2, 0.25) is 0 Å². The molecule has 0 saturated heterocycles. The van der Waals surface area contributed by atoms with Gasteiger partial charge in [0, 0.05) is 25.2 Å². The van der Waals surface area contributed by atoms with Crippen LogP contribution >= 0.6 is 0 Å². The maximum absolute atomic E-state index is 11.3. The fourth-order valence-corrected chi connectivity index (χ4v) is 2.57. The zero-order valence-electron chi connectivity index (χ0n) is 11.0. The number of benzene rings is 1. The van der Waals surface area contributed by atoms with Gasteiger partial charge in [0.1, 0.15) is 12.2 Å². The number of rotatable bonds is 6. The van der Waals surface area contributed by atoms with Crippen LogP contribution in [-0.4, -0.2) is 29.9 Å². The van der Waals surface area contributed by atoms with Crippen LogP contribution in [0, 0.1) is 0 Å². The number of nitrogens with zero attached hydrogens (tertiary/aromatic N) is 1. The van der Waals surface area contributed by atoms with Crippen molar-refractivity contribution in [2.45, 2.75) is 32.1 Å². The molecular formula is C15H19NO3. The summed E-state index contributed by atoms with van der Waals surface area (Å²) in [7, 11) is 0. The predicted octanol–water partition coefficient (Wildman–Crippen LogP) is 2.26. The second kappa shape index (κ2) is 6.36. The van der Waals surface area contributed by atoms with E-state index < -0.39 is 5.97 Å². The van der Waals surface area contributed by atoms with Crippen molar-refractivity contribution in [3.63, 3.8) is 0 Å². The molecular weight excluding hydrogens is 242 g/mol. The Morgan fingerprint density at radius 2 is 2.05 bits per heavy atom. The molecule has 1 N–H and O–H groups in total. The molecule has 1 aliphatic rings. The molecule has 2 rings (SSSR count).